The van der Waals surface area contributed by atoms with Gasteiger partial charge in [-0.25, -0.2) is 0 Å². The molecule has 0 radical (unpaired) electrons. The first-order valence-corrected chi connectivity index (χ1v) is 13.5. The number of benzene rings is 3. The number of thioether (sulfide) groups is 1. The average molecular weight is 596 g/mol. The first-order chi connectivity index (χ1) is 18.2. The summed E-state index contributed by atoms with van der Waals surface area (Å²) in [5, 5.41) is 2.51. The van der Waals surface area contributed by atoms with Crippen LogP contribution in [0.3, 0.4) is 0 Å². The summed E-state index contributed by atoms with van der Waals surface area (Å²) in [5.41, 5.74) is 4.41. The maximum Gasteiger partial charge on any atom is 0.293 e. The minimum atomic E-state index is -0.397. The molecule has 3 amide bonds. The number of nitrogens with zero attached hydrogens (tertiary/aromatic N) is 1. The van der Waals surface area contributed by atoms with Crippen LogP contribution < -0.4 is 14.8 Å². The number of amides is 3. The molecule has 1 aliphatic rings. The van der Waals surface area contributed by atoms with Crippen molar-refractivity contribution in [3.05, 3.63) is 92.3 Å². The van der Waals surface area contributed by atoms with Gasteiger partial charge < -0.3 is 14.8 Å². The SMILES string of the molecule is Cc1ccc(OCCN2C(=O)S/C(=C\c3cc(Br)ccc3OCC(=O)Nc3cc(C)ccc3C)C2=O)cc1. The van der Waals surface area contributed by atoms with E-state index in [0.29, 0.717) is 17.1 Å². The Hall–Kier alpha value is -3.56. The Morgan fingerprint density at radius 1 is 0.974 bits per heavy atom. The molecular weight excluding hydrogens is 568 g/mol. The van der Waals surface area contributed by atoms with Crippen LogP contribution >= 0.6 is 27.7 Å². The number of halogens is 1. The van der Waals surface area contributed by atoms with Gasteiger partial charge in [0.1, 0.15) is 18.1 Å². The first-order valence-electron chi connectivity index (χ1n) is 11.9. The van der Waals surface area contributed by atoms with Crippen LogP contribution in [-0.4, -0.2) is 41.7 Å². The molecule has 0 atom stereocenters. The van der Waals surface area contributed by atoms with E-state index >= 15 is 0 Å². The summed E-state index contributed by atoms with van der Waals surface area (Å²) in [4.78, 5) is 39.5. The van der Waals surface area contributed by atoms with Gasteiger partial charge in [-0.3, -0.25) is 19.3 Å². The highest BCUT2D eigenvalue weighted by atomic mass is 79.9. The Bertz CT molecular complexity index is 1400. The van der Waals surface area contributed by atoms with Crippen molar-refractivity contribution in [3.63, 3.8) is 0 Å². The minimum Gasteiger partial charge on any atom is -0.492 e. The van der Waals surface area contributed by atoms with E-state index in [1.54, 1.807) is 24.3 Å². The average Bonchev–Trinajstić information content (AvgIpc) is 3.14. The molecule has 196 valence electrons. The summed E-state index contributed by atoms with van der Waals surface area (Å²) < 4.78 is 12.2. The fourth-order valence-corrected chi connectivity index (χ4v) is 4.92. The van der Waals surface area contributed by atoms with Crippen molar-refractivity contribution in [3.8, 4) is 11.5 Å². The van der Waals surface area contributed by atoms with Gasteiger partial charge in [0.05, 0.1) is 11.4 Å². The number of imide groups is 1. The number of nitrogens with one attached hydrogen (secondary N) is 1. The molecule has 1 saturated heterocycles. The molecule has 0 spiro atoms. The van der Waals surface area contributed by atoms with E-state index in [1.165, 1.54) is 4.90 Å². The molecule has 1 N–H and O–H groups in total. The van der Waals surface area contributed by atoms with Gasteiger partial charge in [0.15, 0.2) is 6.61 Å². The molecule has 1 heterocycles. The first kappa shape index (κ1) is 27.5. The van der Waals surface area contributed by atoms with Crippen LogP contribution in [0.4, 0.5) is 10.5 Å². The molecule has 1 fully saturated rings. The zero-order valence-electron chi connectivity index (χ0n) is 21.2. The number of hydrogen-bond donors (Lipinski definition) is 1. The summed E-state index contributed by atoms with van der Waals surface area (Å²) in [5.74, 6) is 0.391. The largest absolute Gasteiger partial charge is 0.492 e. The van der Waals surface area contributed by atoms with Crippen LogP contribution in [-0.2, 0) is 9.59 Å². The molecule has 3 aromatic rings. The molecule has 0 aromatic heterocycles. The van der Waals surface area contributed by atoms with Crippen molar-refractivity contribution < 1.29 is 23.9 Å². The van der Waals surface area contributed by atoms with Gasteiger partial charge in [-0.05, 0) is 86.1 Å². The lowest BCUT2D eigenvalue weighted by Gasteiger charge is -2.13. The second-order valence-corrected chi connectivity index (χ2v) is 10.7. The molecule has 3 aromatic carbocycles. The second-order valence-electron chi connectivity index (χ2n) is 8.83. The number of hydrogen-bond acceptors (Lipinski definition) is 6. The lowest BCUT2D eigenvalue weighted by atomic mass is 10.1. The topological polar surface area (TPSA) is 84.9 Å². The fraction of sp³-hybridized carbons (Fsp3) is 0.207. The van der Waals surface area contributed by atoms with E-state index in [-0.39, 0.29) is 35.8 Å². The van der Waals surface area contributed by atoms with Gasteiger partial charge in [0.25, 0.3) is 17.1 Å². The van der Waals surface area contributed by atoms with Gasteiger partial charge in [0.2, 0.25) is 0 Å². The van der Waals surface area contributed by atoms with Gasteiger partial charge >= 0.3 is 0 Å². The third kappa shape index (κ3) is 7.05. The maximum absolute atomic E-state index is 13.0. The quantitative estimate of drug-likeness (QED) is 0.284. The van der Waals surface area contributed by atoms with E-state index in [4.69, 9.17) is 9.47 Å². The summed E-state index contributed by atoms with van der Waals surface area (Å²) in [7, 11) is 0. The van der Waals surface area contributed by atoms with E-state index in [0.717, 1.165) is 38.6 Å². The zero-order valence-corrected chi connectivity index (χ0v) is 23.6. The molecule has 0 aliphatic carbocycles. The van der Waals surface area contributed by atoms with Crippen molar-refractivity contribution in [1.82, 2.24) is 4.90 Å². The monoisotopic (exact) mass is 594 g/mol. The molecule has 0 bridgehead atoms. The predicted octanol–water partition coefficient (Wildman–Crippen LogP) is 6.51. The second kappa shape index (κ2) is 12.3. The number of carbonyl (C=O) groups excluding carboxylic acids is 3. The standard InChI is InChI=1S/C29H27BrN2O5S/c1-18-5-9-23(10-6-18)36-13-12-32-28(34)26(38-29(32)35)16-21-15-22(30)8-11-25(21)37-17-27(33)31-24-14-19(2)4-7-20(24)3/h4-11,14-16H,12-13,17H2,1-3H3,(H,31,33)/b26-16-. The van der Waals surface area contributed by atoms with E-state index < -0.39 is 5.91 Å². The van der Waals surface area contributed by atoms with E-state index in [2.05, 4.69) is 21.2 Å². The number of carbonyl (C=O) groups is 3. The zero-order chi connectivity index (χ0) is 27.2. The highest BCUT2D eigenvalue weighted by Gasteiger charge is 2.35. The van der Waals surface area contributed by atoms with Crippen LogP contribution in [0.5, 0.6) is 11.5 Å². The number of anilines is 1. The third-order valence-corrected chi connectivity index (χ3v) is 7.16. The summed E-state index contributed by atoms with van der Waals surface area (Å²) in [6.45, 7) is 5.97. The molecule has 0 unspecified atom stereocenters. The molecule has 7 nitrogen and oxygen atoms in total. The van der Waals surface area contributed by atoms with Crippen LogP contribution in [0.25, 0.3) is 6.08 Å². The van der Waals surface area contributed by atoms with Crippen molar-refractivity contribution in [2.45, 2.75) is 20.8 Å². The Balaban J connectivity index is 1.40. The van der Waals surface area contributed by atoms with Crippen molar-refractivity contribution in [1.29, 1.82) is 0 Å². The van der Waals surface area contributed by atoms with Crippen molar-refractivity contribution in [2.24, 2.45) is 0 Å². The summed E-state index contributed by atoms with van der Waals surface area (Å²) in [6.07, 6.45) is 1.61. The predicted molar refractivity (Wildman–Crippen MR) is 154 cm³/mol. The van der Waals surface area contributed by atoms with Crippen molar-refractivity contribution in [2.75, 3.05) is 25.1 Å². The van der Waals surface area contributed by atoms with Gasteiger partial charge in [-0.15, -0.1) is 0 Å². The minimum absolute atomic E-state index is 0.135. The van der Waals surface area contributed by atoms with Crippen LogP contribution in [0.1, 0.15) is 22.3 Å². The molecule has 0 saturated carbocycles. The smallest absolute Gasteiger partial charge is 0.293 e. The summed E-state index contributed by atoms with van der Waals surface area (Å²) in [6, 6.07) is 18.7. The lowest BCUT2D eigenvalue weighted by Crippen LogP contribution is -2.32. The number of aryl methyl sites for hydroxylation is 3. The number of rotatable bonds is 9. The molecule has 4 rings (SSSR count). The highest BCUT2D eigenvalue weighted by molar-refractivity contribution is 9.10. The summed E-state index contributed by atoms with van der Waals surface area (Å²) >= 11 is 4.30. The molecule has 9 heteroatoms. The van der Waals surface area contributed by atoms with Crippen LogP contribution in [0, 0.1) is 20.8 Å². The molecule has 1 aliphatic heterocycles. The Morgan fingerprint density at radius 3 is 2.47 bits per heavy atom. The van der Waals surface area contributed by atoms with Gasteiger partial charge in [-0.2, -0.15) is 0 Å². The third-order valence-electron chi connectivity index (χ3n) is 5.76. The van der Waals surface area contributed by atoms with Gasteiger partial charge in [0, 0.05) is 15.7 Å². The Labute approximate surface area is 234 Å². The van der Waals surface area contributed by atoms with Crippen LogP contribution in [0.2, 0.25) is 0 Å². The molecule has 38 heavy (non-hydrogen) atoms. The van der Waals surface area contributed by atoms with E-state index in [9.17, 15) is 14.4 Å². The normalized spacial score (nSPS) is 14.2. The van der Waals surface area contributed by atoms with Crippen molar-refractivity contribution >= 4 is 56.5 Å². The van der Waals surface area contributed by atoms with E-state index in [1.807, 2.05) is 63.2 Å². The Kier molecular flexibility index (Phi) is 8.91. The fourth-order valence-electron chi connectivity index (χ4n) is 3.69. The number of ether oxygens (including phenoxy) is 2. The van der Waals surface area contributed by atoms with Gasteiger partial charge in [-0.1, -0.05) is 45.8 Å². The molecular formula is C29H27BrN2O5S. The highest BCUT2D eigenvalue weighted by Crippen LogP contribution is 2.35. The lowest BCUT2D eigenvalue weighted by molar-refractivity contribution is -0.123. The maximum atomic E-state index is 13.0. The Morgan fingerprint density at radius 2 is 1.71 bits per heavy atom. The van der Waals surface area contributed by atoms with Crippen LogP contribution in [0.15, 0.2) is 70.0 Å².